The minimum Gasteiger partial charge on any atom is -0.448 e. The lowest BCUT2D eigenvalue weighted by Gasteiger charge is -2.24. The normalized spacial score (nSPS) is 15.9. The van der Waals surface area contributed by atoms with Crippen molar-refractivity contribution < 1.29 is 14.3 Å². The number of carbonyl (C=O) groups is 2. The maximum absolute atomic E-state index is 12.7. The highest BCUT2D eigenvalue weighted by Crippen LogP contribution is 2.22. The molecule has 0 unspecified atom stereocenters. The minimum absolute atomic E-state index is 0.186. The van der Waals surface area contributed by atoms with E-state index in [1.54, 1.807) is 11.5 Å². The summed E-state index contributed by atoms with van der Waals surface area (Å²) in [5.41, 5.74) is 1.13. The van der Waals surface area contributed by atoms with Gasteiger partial charge in [0, 0.05) is 11.7 Å². The van der Waals surface area contributed by atoms with Crippen LogP contribution in [-0.4, -0.2) is 39.8 Å². The summed E-state index contributed by atoms with van der Waals surface area (Å²) in [4.78, 5) is 29.4. The molecule has 1 aliphatic rings. The van der Waals surface area contributed by atoms with Crippen LogP contribution < -0.4 is 5.32 Å². The molecule has 0 radical (unpaired) electrons. The number of thioether (sulfide) groups is 1. The van der Waals surface area contributed by atoms with Crippen LogP contribution in [0.25, 0.3) is 5.69 Å². The fraction of sp³-hybridized carbons (Fsp3) is 0.450. The molecule has 3 rings (SSSR count). The number of nitrogens with one attached hydrogen (secondary N) is 1. The summed E-state index contributed by atoms with van der Waals surface area (Å²) in [6.07, 6.45) is 8.01. The van der Waals surface area contributed by atoms with Crippen LogP contribution in [0.2, 0.25) is 0 Å². The number of hydrogen-bond donors (Lipinski definition) is 1. The van der Waals surface area contributed by atoms with Crippen molar-refractivity contribution in [3.05, 3.63) is 42.2 Å². The van der Waals surface area contributed by atoms with Gasteiger partial charge >= 0.3 is 5.97 Å². The lowest BCUT2D eigenvalue weighted by Crippen LogP contribution is -2.42. The van der Waals surface area contributed by atoms with Gasteiger partial charge in [0.15, 0.2) is 17.0 Å². The molecule has 1 atom stereocenters. The van der Waals surface area contributed by atoms with Gasteiger partial charge in [-0.3, -0.25) is 9.36 Å². The third-order valence-corrected chi connectivity index (χ3v) is 5.39. The Kier molecular flexibility index (Phi) is 6.55. The zero-order chi connectivity index (χ0) is 19.2. The SMILES string of the molecule is CSc1ncc(C(=O)O[C@@H](C)C(=O)NC2CCCCC2)n1-c1ccccc1. The summed E-state index contributed by atoms with van der Waals surface area (Å²) in [6.45, 7) is 1.61. The second-order valence-corrected chi connectivity index (χ2v) is 7.47. The molecule has 1 aromatic heterocycles. The molecule has 1 fully saturated rings. The maximum Gasteiger partial charge on any atom is 0.357 e. The van der Waals surface area contributed by atoms with Crippen molar-refractivity contribution in [2.75, 3.05) is 6.26 Å². The molecule has 0 saturated heterocycles. The van der Waals surface area contributed by atoms with Crippen LogP contribution in [-0.2, 0) is 9.53 Å². The molecule has 0 bridgehead atoms. The molecular weight excluding hydrogens is 362 g/mol. The Hall–Kier alpha value is -2.28. The van der Waals surface area contributed by atoms with E-state index in [9.17, 15) is 9.59 Å². The van der Waals surface area contributed by atoms with Gasteiger partial charge < -0.3 is 10.1 Å². The van der Waals surface area contributed by atoms with Crippen LogP contribution in [0.3, 0.4) is 0 Å². The first kappa shape index (κ1) is 19.5. The largest absolute Gasteiger partial charge is 0.448 e. The lowest BCUT2D eigenvalue weighted by molar-refractivity contribution is -0.130. The second kappa shape index (κ2) is 9.08. The third kappa shape index (κ3) is 4.71. The lowest BCUT2D eigenvalue weighted by atomic mass is 9.95. The number of benzene rings is 1. The van der Waals surface area contributed by atoms with E-state index in [1.165, 1.54) is 24.4 Å². The summed E-state index contributed by atoms with van der Waals surface area (Å²) in [5.74, 6) is -0.802. The standard InChI is InChI=1S/C20H25N3O3S/c1-14(18(24)22-15-9-5-3-6-10-15)26-19(25)17-13-21-20(27-2)23(17)16-11-7-4-8-12-16/h4,7-8,11-15H,3,5-6,9-10H2,1-2H3,(H,22,24)/t14-/m0/s1. The quantitative estimate of drug-likeness (QED) is 0.606. The Morgan fingerprint density at radius 1 is 1.22 bits per heavy atom. The highest BCUT2D eigenvalue weighted by atomic mass is 32.2. The summed E-state index contributed by atoms with van der Waals surface area (Å²) in [6, 6.07) is 9.69. The van der Waals surface area contributed by atoms with Gasteiger partial charge in [0.1, 0.15) is 0 Å². The van der Waals surface area contributed by atoms with Crippen LogP contribution in [0, 0.1) is 0 Å². The van der Waals surface area contributed by atoms with Crippen molar-refractivity contribution in [2.24, 2.45) is 0 Å². The number of hydrogen-bond acceptors (Lipinski definition) is 5. The molecular formula is C20H25N3O3S. The molecule has 2 aromatic rings. The molecule has 6 nitrogen and oxygen atoms in total. The number of rotatable bonds is 6. The smallest absolute Gasteiger partial charge is 0.357 e. The highest BCUT2D eigenvalue weighted by Gasteiger charge is 2.25. The van der Waals surface area contributed by atoms with E-state index < -0.39 is 12.1 Å². The minimum atomic E-state index is -0.851. The number of esters is 1. The molecule has 1 aliphatic carbocycles. The molecule has 27 heavy (non-hydrogen) atoms. The molecule has 1 N–H and O–H groups in total. The van der Waals surface area contributed by atoms with Gasteiger partial charge in [-0.2, -0.15) is 0 Å². The Morgan fingerprint density at radius 3 is 2.59 bits per heavy atom. The monoisotopic (exact) mass is 387 g/mol. The zero-order valence-electron chi connectivity index (χ0n) is 15.7. The number of imidazole rings is 1. The van der Waals surface area contributed by atoms with Gasteiger partial charge in [-0.1, -0.05) is 49.2 Å². The van der Waals surface area contributed by atoms with Crippen molar-refractivity contribution in [3.63, 3.8) is 0 Å². The fourth-order valence-corrected chi connectivity index (χ4v) is 3.83. The van der Waals surface area contributed by atoms with Crippen LogP contribution in [0.5, 0.6) is 0 Å². The maximum atomic E-state index is 12.7. The van der Waals surface area contributed by atoms with Gasteiger partial charge in [-0.15, -0.1) is 0 Å². The van der Waals surface area contributed by atoms with E-state index in [0.29, 0.717) is 10.9 Å². The fourth-order valence-electron chi connectivity index (χ4n) is 3.29. The summed E-state index contributed by atoms with van der Waals surface area (Å²) >= 11 is 1.44. The van der Waals surface area contributed by atoms with Crippen molar-refractivity contribution >= 4 is 23.6 Å². The first-order valence-electron chi connectivity index (χ1n) is 9.28. The molecule has 1 saturated carbocycles. The summed E-state index contributed by atoms with van der Waals surface area (Å²) in [7, 11) is 0. The number of ether oxygens (including phenoxy) is 1. The average molecular weight is 388 g/mol. The molecule has 1 amide bonds. The van der Waals surface area contributed by atoms with Crippen molar-refractivity contribution in [1.29, 1.82) is 0 Å². The summed E-state index contributed by atoms with van der Waals surface area (Å²) in [5, 5.41) is 3.68. The Labute approximate surface area is 163 Å². The zero-order valence-corrected chi connectivity index (χ0v) is 16.5. The molecule has 0 spiro atoms. The predicted molar refractivity (Wildman–Crippen MR) is 105 cm³/mol. The molecule has 1 heterocycles. The van der Waals surface area contributed by atoms with Gasteiger partial charge in [-0.25, -0.2) is 9.78 Å². The van der Waals surface area contributed by atoms with Crippen LogP contribution in [0.4, 0.5) is 0 Å². The van der Waals surface area contributed by atoms with Crippen molar-refractivity contribution in [3.8, 4) is 5.69 Å². The average Bonchev–Trinajstić information content (AvgIpc) is 3.13. The van der Waals surface area contributed by atoms with E-state index in [-0.39, 0.29) is 11.9 Å². The molecule has 7 heteroatoms. The summed E-state index contributed by atoms with van der Waals surface area (Å²) < 4.78 is 7.19. The van der Waals surface area contributed by atoms with Crippen LogP contribution in [0.1, 0.15) is 49.5 Å². The third-order valence-electron chi connectivity index (χ3n) is 4.74. The van der Waals surface area contributed by atoms with E-state index in [2.05, 4.69) is 10.3 Å². The number of nitrogens with zero attached hydrogens (tertiary/aromatic N) is 2. The van der Waals surface area contributed by atoms with Gasteiger partial charge in [0.2, 0.25) is 0 Å². The van der Waals surface area contributed by atoms with E-state index >= 15 is 0 Å². The van der Waals surface area contributed by atoms with E-state index in [0.717, 1.165) is 31.4 Å². The topological polar surface area (TPSA) is 73.2 Å². The number of carbonyl (C=O) groups excluding carboxylic acids is 2. The number of para-hydroxylation sites is 1. The van der Waals surface area contributed by atoms with Crippen molar-refractivity contribution in [1.82, 2.24) is 14.9 Å². The van der Waals surface area contributed by atoms with Gasteiger partial charge in [0.05, 0.1) is 6.20 Å². The first-order chi connectivity index (χ1) is 13.1. The number of amides is 1. The Morgan fingerprint density at radius 2 is 1.93 bits per heavy atom. The van der Waals surface area contributed by atoms with Gasteiger partial charge in [-0.05, 0) is 38.2 Å². The van der Waals surface area contributed by atoms with Crippen LogP contribution >= 0.6 is 11.8 Å². The van der Waals surface area contributed by atoms with Gasteiger partial charge in [0.25, 0.3) is 5.91 Å². The predicted octanol–water partition coefficient (Wildman–Crippen LogP) is 3.59. The molecule has 0 aliphatic heterocycles. The van der Waals surface area contributed by atoms with E-state index in [1.807, 2.05) is 36.6 Å². The van der Waals surface area contributed by atoms with Crippen molar-refractivity contribution in [2.45, 2.75) is 56.3 Å². The Bertz CT molecular complexity index is 785. The van der Waals surface area contributed by atoms with Crippen LogP contribution in [0.15, 0.2) is 41.7 Å². The highest BCUT2D eigenvalue weighted by molar-refractivity contribution is 7.98. The van der Waals surface area contributed by atoms with E-state index in [4.69, 9.17) is 4.74 Å². The molecule has 144 valence electrons. The Balaban J connectivity index is 1.70. The first-order valence-corrected chi connectivity index (χ1v) is 10.5. The number of aromatic nitrogens is 2. The second-order valence-electron chi connectivity index (χ2n) is 6.69. The molecule has 1 aromatic carbocycles.